The zero-order valence-corrected chi connectivity index (χ0v) is 19.3. The van der Waals surface area contributed by atoms with Gasteiger partial charge in [-0.3, -0.25) is 9.59 Å². The first-order valence-corrected chi connectivity index (χ1v) is 12.0. The molecule has 2 saturated heterocycles. The first kappa shape index (κ1) is 21.5. The molecule has 2 fully saturated rings. The third-order valence-corrected chi connectivity index (χ3v) is 7.96. The smallest absolute Gasteiger partial charge is 0.237 e. The maximum Gasteiger partial charge on any atom is 0.237 e. The van der Waals surface area contributed by atoms with Crippen molar-refractivity contribution < 1.29 is 14.4 Å². The van der Waals surface area contributed by atoms with E-state index in [0.717, 1.165) is 40.6 Å². The molecule has 1 aromatic heterocycles. The van der Waals surface area contributed by atoms with Crippen LogP contribution in [0.2, 0.25) is 0 Å². The van der Waals surface area contributed by atoms with Gasteiger partial charge in [0.2, 0.25) is 11.8 Å². The SMILES string of the molecule is C=C1c2c(c3ccccc3n2OCc2ccccc2)CC2(C(=O)N=[N+]=[N-])C(=O)N3CCCC3CC12. The van der Waals surface area contributed by atoms with E-state index >= 15 is 0 Å². The fraction of sp³-hybridized carbons (Fsp3) is 0.333. The number of carbonyl (C=O) groups excluding carboxylic acids is 2. The minimum Gasteiger partial charge on any atom is -0.408 e. The summed E-state index contributed by atoms with van der Waals surface area (Å²) < 4.78 is 1.81. The zero-order chi connectivity index (χ0) is 24.2. The number of hydrogen-bond acceptors (Lipinski definition) is 3. The molecular weight excluding hydrogens is 442 g/mol. The minimum absolute atomic E-state index is 0.0702. The number of azide groups is 1. The molecule has 2 aliphatic heterocycles. The Hall–Kier alpha value is -4.03. The Morgan fingerprint density at radius 2 is 1.97 bits per heavy atom. The molecule has 2 amide bonds. The quantitative estimate of drug-likeness (QED) is 0.241. The highest BCUT2D eigenvalue weighted by molar-refractivity contribution is 6.10. The maximum atomic E-state index is 13.9. The van der Waals surface area contributed by atoms with Crippen molar-refractivity contribution in [1.29, 1.82) is 0 Å². The summed E-state index contributed by atoms with van der Waals surface area (Å²) in [5.41, 5.74) is 11.9. The Bertz CT molecular complexity index is 1420. The molecular formula is C27H25N5O3. The topological polar surface area (TPSA) is 100 Å². The number of carbonyl (C=O) groups is 2. The summed E-state index contributed by atoms with van der Waals surface area (Å²) in [6, 6.07) is 17.8. The van der Waals surface area contributed by atoms with Gasteiger partial charge in [0.15, 0.2) is 0 Å². The van der Waals surface area contributed by atoms with Gasteiger partial charge in [-0.05, 0) is 59.1 Å². The van der Waals surface area contributed by atoms with E-state index in [4.69, 9.17) is 10.4 Å². The summed E-state index contributed by atoms with van der Waals surface area (Å²) in [5.74, 6) is -1.40. The van der Waals surface area contributed by atoms with Crippen molar-refractivity contribution in [2.75, 3.05) is 6.54 Å². The molecule has 3 atom stereocenters. The van der Waals surface area contributed by atoms with Crippen LogP contribution >= 0.6 is 0 Å². The van der Waals surface area contributed by atoms with Gasteiger partial charge in [-0.1, -0.05) is 55.1 Å². The Morgan fingerprint density at radius 1 is 1.20 bits per heavy atom. The van der Waals surface area contributed by atoms with Crippen molar-refractivity contribution in [3.63, 3.8) is 0 Å². The van der Waals surface area contributed by atoms with Crippen LogP contribution in [0.4, 0.5) is 0 Å². The van der Waals surface area contributed by atoms with Gasteiger partial charge in [-0.2, -0.15) is 4.73 Å². The second kappa shape index (κ2) is 8.03. The first-order chi connectivity index (χ1) is 17.1. The van der Waals surface area contributed by atoms with E-state index < -0.39 is 17.2 Å². The first-order valence-electron chi connectivity index (χ1n) is 12.0. The third kappa shape index (κ3) is 3.03. The third-order valence-electron chi connectivity index (χ3n) is 7.96. The van der Waals surface area contributed by atoms with E-state index in [1.165, 1.54) is 0 Å². The number of allylic oxidation sites excluding steroid dienone is 1. The Kier molecular flexibility index (Phi) is 4.93. The van der Waals surface area contributed by atoms with Crippen LogP contribution < -0.4 is 4.84 Å². The lowest BCUT2D eigenvalue weighted by atomic mass is 9.58. The molecule has 35 heavy (non-hydrogen) atoms. The van der Waals surface area contributed by atoms with Crippen LogP contribution in [0.25, 0.3) is 26.9 Å². The number of nitrogens with zero attached hydrogens (tertiary/aromatic N) is 5. The van der Waals surface area contributed by atoms with Crippen LogP contribution in [0.1, 0.15) is 36.1 Å². The van der Waals surface area contributed by atoms with Crippen molar-refractivity contribution in [2.24, 2.45) is 16.4 Å². The Labute approximate surface area is 202 Å². The molecule has 3 heterocycles. The molecule has 3 aliphatic rings. The highest BCUT2D eigenvalue weighted by Crippen LogP contribution is 2.56. The lowest BCUT2D eigenvalue weighted by Crippen LogP contribution is -2.61. The Balaban J connectivity index is 1.53. The molecule has 0 radical (unpaired) electrons. The maximum absolute atomic E-state index is 13.9. The van der Waals surface area contributed by atoms with Crippen molar-refractivity contribution in [3.05, 3.63) is 88.4 Å². The summed E-state index contributed by atoms with van der Waals surface area (Å²) in [5, 5.41) is 4.38. The molecule has 0 spiro atoms. The summed E-state index contributed by atoms with van der Waals surface area (Å²) >= 11 is 0. The lowest BCUT2D eigenvalue weighted by molar-refractivity contribution is -0.158. The highest BCUT2D eigenvalue weighted by atomic mass is 16.7. The second-order valence-electron chi connectivity index (χ2n) is 9.65. The lowest BCUT2D eigenvalue weighted by Gasteiger charge is -2.50. The average Bonchev–Trinajstić information content (AvgIpc) is 3.47. The van der Waals surface area contributed by atoms with Gasteiger partial charge in [-0.15, -0.1) is 0 Å². The molecule has 0 N–H and O–H groups in total. The van der Waals surface area contributed by atoms with Crippen molar-refractivity contribution in [2.45, 2.75) is 38.3 Å². The molecule has 3 aromatic rings. The number of fused-ring (bicyclic) bond motifs is 5. The van der Waals surface area contributed by atoms with Crippen molar-refractivity contribution in [1.82, 2.24) is 9.63 Å². The molecule has 3 unspecified atom stereocenters. The van der Waals surface area contributed by atoms with Gasteiger partial charge in [0.05, 0.1) is 11.2 Å². The van der Waals surface area contributed by atoms with E-state index in [0.29, 0.717) is 25.1 Å². The molecule has 1 aliphatic carbocycles. The number of benzene rings is 2. The van der Waals surface area contributed by atoms with Gasteiger partial charge in [0.1, 0.15) is 12.0 Å². The standard InChI is InChI=1S/C27H25N5O3/c1-17-22-14-19-10-7-13-31(19)26(34)27(22,25(33)29-30-28)15-21-20-11-5-6-12-23(20)32(24(17)21)35-16-18-8-3-2-4-9-18/h2-6,8-9,11-12,19,22H,1,7,10,13-16H2. The number of para-hydroxylation sites is 1. The predicted molar refractivity (Wildman–Crippen MR) is 131 cm³/mol. The number of aromatic nitrogens is 1. The highest BCUT2D eigenvalue weighted by Gasteiger charge is 2.62. The van der Waals surface area contributed by atoms with Crippen LogP contribution in [0, 0.1) is 11.3 Å². The van der Waals surface area contributed by atoms with Gasteiger partial charge >= 0.3 is 0 Å². The van der Waals surface area contributed by atoms with Crippen LogP contribution in [-0.4, -0.2) is 34.0 Å². The van der Waals surface area contributed by atoms with E-state index in [1.54, 1.807) is 0 Å². The number of amides is 2. The van der Waals surface area contributed by atoms with Gasteiger partial charge in [0, 0.05) is 28.8 Å². The molecule has 0 saturated carbocycles. The molecule has 176 valence electrons. The van der Waals surface area contributed by atoms with Gasteiger partial charge < -0.3 is 9.74 Å². The number of piperidine rings is 1. The van der Waals surface area contributed by atoms with E-state index in [9.17, 15) is 9.59 Å². The van der Waals surface area contributed by atoms with Crippen LogP contribution in [0.3, 0.4) is 0 Å². The van der Waals surface area contributed by atoms with Crippen LogP contribution in [-0.2, 0) is 22.6 Å². The summed E-state index contributed by atoms with van der Waals surface area (Å²) in [7, 11) is 0. The fourth-order valence-corrected chi connectivity index (χ4v) is 6.38. The molecule has 8 heteroatoms. The van der Waals surface area contributed by atoms with Crippen molar-refractivity contribution in [3.8, 4) is 0 Å². The summed E-state index contributed by atoms with van der Waals surface area (Å²) in [6.07, 6.45) is 2.59. The summed E-state index contributed by atoms with van der Waals surface area (Å²) in [4.78, 5) is 38.3. The van der Waals surface area contributed by atoms with Crippen LogP contribution in [0.5, 0.6) is 0 Å². The monoisotopic (exact) mass is 467 g/mol. The van der Waals surface area contributed by atoms with E-state index in [-0.39, 0.29) is 18.4 Å². The van der Waals surface area contributed by atoms with Gasteiger partial charge in [-0.25, -0.2) is 0 Å². The molecule has 8 nitrogen and oxygen atoms in total. The van der Waals surface area contributed by atoms with Gasteiger partial charge in [0.25, 0.3) is 0 Å². The normalized spacial score (nSPS) is 25.0. The van der Waals surface area contributed by atoms with E-state index in [2.05, 4.69) is 16.6 Å². The van der Waals surface area contributed by atoms with Crippen molar-refractivity contribution >= 4 is 28.3 Å². The predicted octanol–water partition coefficient (Wildman–Crippen LogP) is 4.67. The molecule has 0 bridgehead atoms. The van der Waals surface area contributed by atoms with Crippen LogP contribution in [0.15, 0.2) is 66.3 Å². The second-order valence-corrected chi connectivity index (χ2v) is 9.65. The zero-order valence-electron chi connectivity index (χ0n) is 19.3. The van der Waals surface area contributed by atoms with E-state index in [1.807, 2.05) is 64.2 Å². The number of hydrogen-bond donors (Lipinski definition) is 0. The average molecular weight is 468 g/mol. The molecule has 6 rings (SSSR count). The fourth-order valence-electron chi connectivity index (χ4n) is 6.38. The molecule has 2 aromatic carbocycles. The Morgan fingerprint density at radius 3 is 2.77 bits per heavy atom. The summed E-state index contributed by atoms with van der Waals surface area (Å²) in [6.45, 7) is 5.42. The number of rotatable bonds is 4. The minimum atomic E-state index is -1.47. The largest absolute Gasteiger partial charge is 0.408 e.